The Hall–Kier alpha value is -1.58. The van der Waals surface area contributed by atoms with E-state index in [9.17, 15) is 0 Å². The molecule has 0 spiro atoms. The van der Waals surface area contributed by atoms with Crippen molar-refractivity contribution in [2.24, 2.45) is 0 Å². The minimum absolute atomic E-state index is 0.688. The molecule has 0 amide bonds. The Kier molecular flexibility index (Phi) is 3.25. The molecule has 0 aromatic carbocycles. The molecule has 2 rings (SSSR count). The molecule has 0 unspecified atom stereocenters. The molecule has 2 aromatic rings. The summed E-state index contributed by atoms with van der Waals surface area (Å²) in [4.78, 5) is 4.15. The molecule has 0 aliphatic rings. The maximum Gasteiger partial charge on any atom is 0.252 e. The van der Waals surface area contributed by atoms with Gasteiger partial charge in [-0.1, -0.05) is 13.8 Å². The van der Waals surface area contributed by atoms with Crippen molar-refractivity contribution in [2.45, 2.75) is 20.8 Å². The molecule has 0 saturated carbocycles. The maximum atomic E-state index is 4.15. The molecule has 70 valence electrons. The Labute approximate surface area is 77.6 Å². The van der Waals surface area contributed by atoms with Gasteiger partial charge in [0.1, 0.15) is 5.82 Å². The zero-order valence-corrected chi connectivity index (χ0v) is 8.15. The highest BCUT2D eigenvalue weighted by Crippen LogP contribution is 1.99. The summed E-state index contributed by atoms with van der Waals surface area (Å²) in [5, 5.41) is 6.76. The van der Waals surface area contributed by atoms with Crippen LogP contribution in [0, 0.1) is 6.92 Å². The van der Waals surface area contributed by atoms with Crippen LogP contribution in [0.15, 0.2) is 24.5 Å². The molecule has 4 nitrogen and oxygen atoms in total. The summed E-state index contributed by atoms with van der Waals surface area (Å²) in [6.45, 7) is 5.88. The molecule has 13 heavy (non-hydrogen) atoms. The number of hydrogen-bond donors (Lipinski definition) is 1. The van der Waals surface area contributed by atoms with Gasteiger partial charge in [0, 0.05) is 12.4 Å². The van der Waals surface area contributed by atoms with Crippen molar-refractivity contribution in [3.63, 3.8) is 0 Å². The molecule has 0 radical (unpaired) electrons. The van der Waals surface area contributed by atoms with E-state index in [0.717, 1.165) is 5.82 Å². The van der Waals surface area contributed by atoms with E-state index in [0.29, 0.717) is 5.95 Å². The van der Waals surface area contributed by atoms with Crippen LogP contribution in [0.1, 0.15) is 19.7 Å². The third-order valence-electron chi connectivity index (χ3n) is 1.42. The molecule has 2 aromatic heterocycles. The van der Waals surface area contributed by atoms with Crippen molar-refractivity contribution < 1.29 is 0 Å². The monoisotopic (exact) mass is 178 g/mol. The van der Waals surface area contributed by atoms with Crippen molar-refractivity contribution >= 4 is 0 Å². The van der Waals surface area contributed by atoms with E-state index in [-0.39, 0.29) is 0 Å². The summed E-state index contributed by atoms with van der Waals surface area (Å²) in [6, 6.07) is 3.87. The number of aromatic nitrogens is 4. The summed E-state index contributed by atoms with van der Waals surface area (Å²) in [6.07, 6.45) is 3.81. The van der Waals surface area contributed by atoms with Crippen LogP contribution in [0.5, 0.6) is 0 Å². The topological polar surface area (TPSA) is 46.5 Å². The Morgan fingerprint density at radius 1 is 1.23 bits per heavy atom. The largest absolute Gasteiger partial charge is 0.292 e. The van der Waals surface area contributed by atoms with E-state index in [4.69, 9.17) is 0 Å². The lowest BCUT2D eigenvalue weighted by Crippen LogP contribution is -1.91. The fourth-order valence-corrected chi connectivity index (χ4v) is 0.914. The van der Waals surface area contributed by atoms with Crippen molar-refractivity contribution in [1.29, 1.82) is 0 Å². The summed E-state index contributed by atoms with van der Waals surface area (Å²) < 4.78 is 1.85. The van der Waals surface area contributed by atoms with Gasteiger partial charge >= 0.3 is 0 Å². The zero-order valence-electron chi connectivity index (χ0n) is 8.15. The van der Waals surface area contributed by atoms with Crippen LogP contribution in [0.4, 0.5) is 0 Å². The molecule has 0 fully saturated rings. The second kappa shape index (κ2) is 4.45. The van der Waals surface area contributed by atoms with Gasteiger partial charge in [-0.2, -0.15) is 4.98 Å². The van der Waals surface area contributed by atoms with E-state index in [2.05, 4.69) is 15.2 Å². The van der Waals surface area contributed by atoms with E-state index in [1.54, 1.807) is 0 Å². The Bertz CT molecular complexity index is 334. The molecule has 0 bridgehead atoms. The first-order chi connectivity index (χ1) is 6.36. The number of nitrogens with one attached hydrogen (secondary N) is 1. The Morgan fingerprint density at radius 2 is 1.85 bits per heavy atom. The van der Waals surface area contributed by atoms with E-state index < -0.39 is 0 Å². The van der Waals surface area contributed by atoms with Gasteiger partial charge in [0.15, 0.2) is 0 Å². The molecular formula is C9H14N4. The maximum absolute atomic E-state index is 4.15. The second-order valence-corrected chi connectivity index (χ2v) is 2.31. The first kappa shape index (κ1) is 9.51. The number of nitrogens with zero attached hydrogens (tertiary/aromatic N) is 3. The average molecular weight is 178 g/mol. The lowest BCUT2D eigenvalue weighted by molar-refractivity contribution is 0.941. The van der Waals surface area contributed by atoms with Gasteiger partial charge in [-0.25, -0.2) is 0 Å². The number of rotatable bonds is 1. The number of aromatic amines is 1. The third kappa shape index (κ3) is 2.18. The smallest absolute Gasteiger partial charge is 0.252 e. The average Bonchev–Trinajstić information content (AvgIpc) is 2.77. The molecular weight excluding hydrogens is 164 g/mol. The van der Waals surface area contributed by atoms with Crippen LogP contribution in [0.2, 0.25) is 0 Å². The Morgan fingerprint density at radius 3 is 2.31 bits per heavy atom. The van der Waals surface area contributed by atoms with E-state index in [1.165, 1.54) is 0 Å². The van der Waals surface area contributed by atoms with Gasteiger partial charge in [0.05, 0.1) is 0 Å². The molecule has 4 heteroatoms. The van der Waals surface area contributed by atoms with Crippen molar-refractivity contribution in [2.75, 3.05) is 0 Å². The van der Waals surface area contributed by atoms with Gasteiger partial charge in [0.25, 0.3) is 5.95 Å². The van der Waals surface area contributed by atoms with Crippen LogP contribution < -0.4 is 0 Å². The molecule has 2 heterocycles. The van der Waals surface area contributed by atoms with Crippen LogP contribution in [-0.4, -0.2) is 19.7 Å². The van der Waals surface area contributed by atoms with E-state index in [1.807, 2.05) is 49.9 Å². The van der Waals surface area contributed by atoms with Gasteiger partial charge in [-0.15, -0.1) is 5.10 Å². The quantitative estimate of drug-likeness (QED) is 0.725. The molecule has 0 atom stereocenters. The van der Waals surface area contributed by atoms with Gasteiger partial charge in [-0.3, -0.25) is 9.67 Å². The summed E-state index contributed by atoms with van der Waals surface area (Å²) in [5.74, 6) is 1.52. The predicted octanol–water partition coefficient (Wildman–Crippen LogP) is 1.93. The van der Waals surface area contributed by atoms with Crippen LogP contribution >= 0.6 is 0 Å². The van der Waals surface area contributed by atoms with Crippen molar-refractivity contribution in [3.05, 3.63) is 30.4 Å². The molecule has 0 aliphatic heterocycles. The van der Waals surface area contributed by atoms with Crippen LogP contribution in [0.25, 0.3) is 5.95 Å². The van der Waals surface area contributed by atoms with Gasteiger partial charge in [0.2, 0.25) is 0 Å². The van der Waals surface area contributed by atoms with Gasteiger partial charge < -0.3 is 0 Å². The SMILES string of the molecule is CC.Cc1nc(-n2cccc2)n[nH]1. The first-order valence-electron chi connectivity index (χ1n) is 4.38. The van der Waals surface area contributed by atoms with Crippen LogP contribution in [-0.2, 0) is 0 Å². The predicted molar refractivity (Wildman–Crippen MR) is 51.8 cm³/mol. The minimum Gasteiger partial charge on any atom is -0.292 e. The highest BCUT2D eigenvalue weighted by atomic mass is 15.3. The summed E-state index contributed by atoms with van der Waals surface area (Å²) in [7, 11) is 0. The lowest BCUT2D eigenvalue weighted by atomic mass is 10.7. The standard InChI is InChI=1S/C7H8N4.C2H6/c1-6-8-7(10-9-6)11-4-2-3-5-11;1-2/h2-5H,1H3,(H,8,9,10);1-2H3. The fourth-order valence-electron chi connectivity index (χ4n) is 0.914. The normalized spacial score (nSPS) is 9.15. The lowest BCUT2D eigenvalue weighted by Gasteiger charge is -1.90. The molecule has 0 saturated heterocycles. The van der Waals surface area contributed by atoms with Crippen molar-refractivity contribution in [1.82, 2.24) is 19.7 Å². The number of hydrogen-bond acceptors (Lipinski definition) is 2. The van der Waals surface area contributed by atoms with Crippen molar-refractivity contribution in [3.8, 4) is 5.95 Å². The van der Waals surface area contributed by atoms with Crippen LogP contribution in [0.3, 0.4) is 0 Å². The summed E-state index contributed by atoms with van der Waals surface area (Å²) in [5.41, 5.74) is 0. The van der Waals surface area contributed by atoms with E-state index >= 15 is 0 Å². The minimum atomic E-state index is 0.688. The summed E-state index contributed by atoms with van der Waals surface area (Å²) >= 11 is 0. The number of H-pyrrole nitrogens is 1. The molecule has 1 N–H and O–H groups in total. The van der Waals surface area contributed by atoms with Gasteiger partial charge in [-0.05, 0) is 19.1 Å². The first-order valence-corrected chi connectivity index (χ1v) is 4.38. The third-order valence-corrected chi connectivity index (χ3v) is 1.42. The fraction of sp³-hybridized carbons (Fsp3) is 0.333. The molecule has 0 aliphatic carbocycles. The second-order valence-electron chi connectivity index (χ2n) is 2.31. The number of aryl methyl sites for hydroxylation is 1. The Balaban J connectivity index is 0.000000396. The highest BCUT2D eigenvalue weighted by molar-refractivity contribution is 5.12. The zero-order chi connectivity index (χ0) is 9.68. The highest BCUT2D eigenvalue weighted by Gasteiger charge is 1.98.